The quantitative estimate of drug-likeness (QED) is 0.264. The first-order valence-corrected chi connectivity index (χ1v) is 38.8. The van der Waals surface area contributed by atoms with E-state index in [9.17, 15) is 0 Å². The summed E-state index contributed by atoms with van der Waals surface area (Å²) in [4.78, 5) is 0. The van der Waals surface area contributed by atoms with Crippen LogP contribution in [-0.2, 0) is 0 Å². The van der Waals surface area contributed by atoms with Crippen molar-refractivity contribution in [3.05, 3.63) is 0 Å². The smallest absolute Gasteiger partial charge is 0.0297 e. The lowest BCUT2D eigenvalue weighted by Crippen LogP contribution is -2.24. The highest BCUT2D eigenvalue weighted by atomic mass is 14.5. The molecular formula is C82H160. The summed E-state index contributed by atoms with van der Waals surface area (Å²) >= 11 is 0. The fraction of sp³-hybridized carbons (Fsp3) is 1.00. The zero-order valence-electron chi connectivity index (χ0n) is 60.8. The Bertz CT molecular complexity index is 1470. The van der Waals surface area contributed by atoms with Gasteiger partial charge in [0.2, 0.25) is 0 Å². The molecule has 0 spiro atoms. The van der Waals surface area contributed by atoms with E-state index in [4.69, 9.17) is 0 Å². The molecule has 12 rings (SSSR count). The van der Waals surface area contributed by atoms with Crippen LogP contribution in [0, 0.1) is 110 Å². The molecule has 0 heterocycles. The van der Waals surface area contributed by atoms with Crippen LogP contribution in [0.25, 0.3) is 0 Å². The van der Waals surface area contributed by atoms with Crippen LogP contribution < -0.4 is 0 Å². The third-order valence-electron chi connectivity index (χ3n) is 27.1. The fourth-order valence-corrected chi connectivity index (χ4v) is 17.9. The molecule has 0 N–H and O–H groups in total. The zero-order valence-corrected chi connectivity index (χ0v) is 60.8. The van der Waals surface area contributed by atoms with Gasteiger partial charge in [-0.3, -0.25) is 0 Å². The number of fused-ring (bicyclic) bond motifs is 4. The summed E-state index contributed by atoms with van der Waals surface area (Å²) in [5.41, 5.74) is 2.80. The predicted molar refractivity (Wildman–Crippen MR) is 373 cm³/mol. The van der Waals surface area contributed by atoms with Crippen LogP contribution in [0.3, 0.4) is 0 Å². The Hall–Kier alpha value is 0. The normalized spacial score (nSPS) is 36.1. The van der Waals surface area contributed by atoms with Crippen LogP contribution in [0.4, 0.5) is 0 Å². The molecule has 12 saturated carbocycles. The summed E-state index contributed by atoms with van der Waals surface area (Å²) in [5.74, 6) is 15.6. The SMILES string of the molecule is CC1CCC(C)(C)CC1.CC1CCCC(C)C1C.CC1CCCCC1.CC1CCCC[C@H]1C.CCC1(C)CCCC1.CCC1CCCC1.CCC1CCCCC1.C[C@@H]1CCCCC1(C)C.C[C@H]1CC2CCC1(C)C2.C[C@H]1CC2CCC1C2. The van der Waals surface area contributed by atoms with E-state index in [2.05, 4.69) is 132 Å². The first kappa shape index (κ1) is 76.2. The monoisotopic (exact) mass is 1150 g/mol. The molecule has 0 saturated heterocycles. The van der Waals surface area contributed by atoms with E-state index in [-0.39, 0.29) is 0 Å². The van der Waals surface area contributed by atoms with Crippen molar-refractivity contribution in [2.45, 2.75) is 414 Å². The highest BCUT2D eigenvalue weighted by Crippen LogP contribution is 2.57. The maximum atomic E-state index is 2.48. The van der Waals surface area contributed by atoms with E-state index in [1.807, 2.05) is 0 Å². The molecule has 11 atom stereocenters. The summed E-state index contributed by atoms with van der Waals surface area (Å²) in [6.07, 6.45) is 65.3. The fourth-order valence-electron chi connectivity index (χ4n) is 17.9. The minimum atomic E-state index is 0.637. The van der Waals surface area contributed by atoms with Gasteiger partial charge in [0.05, 0.1) is 0 Å². The van der Waals surface area contributed by atoms with Crippen LogP contribution in [0.15, 0.2) is 0 Å². The molecule has 12 aliphatic carbocycles. The van der Waals surface area contributed by atoms with Gasteiger partial charge in [-0.2, -0.15) is 0 Å². The van der Waals surface area contributed by atoms with Crippen molar-refractivity contribution in [3.8, 4) is 0 Å². The lowest BCUT2D eigenvalue weighted by molar-refractivity contribution is 0.154. The summed E-state index contributed by atoms with van der Waals surface area (Å²) in [5, 5.41) is 0. The Balaban J connectivity index is 0.000000239. The molecule has 0 aromatic rings. The van der Waals surface area contributed by atoms with Crippen molar-refractivity contribution in [2.75, 3.05) is 0 Å². The molecule has 12 fully saturated rings. The zero-order chi connectivity index (χ0) is 60.8. The molecule has 0 amide bonds. The molecule has 488 valence electrons. The van der Waals surface area contributed by atoms with Crippen molar-refractivity contribution >= 4 is 0 Å². The van der Waals surface area contributed by atoms with E-state index in [1.54, 1.807) is 25.7 Å². The van der Waals surface area contributed by atoms with E-state index in [0.717, 1.165) is 99.6 Å². The van der Waals surface area contributed by atoms with Crippen LogP contribution in [-0.4, -0.2) is 0 Å². The second-order valence-corrected chi connectivity index (χ2v) is 35.1. The van der Waals surface area contributed by atoms with Crippen molar-refractivity contribution in [2.24, 2.45) is 110 Å². The molecule has 12 aliphatic rings. The summed E-state index contributed by atoms with van der Waals surface area (Å²) < 4.78 is 0. The van der Waals surface area contributed by atoms with Gasteiger partial charge in [-0.1, -0.05) is 337 Å². The third-order valence-corrected chi connectivity index (χ3v) is 27.1. The van der Waals surface area contributed by atoms with E-state index in [0.29, 0.717) is 10.8 Å². The average Bonchev–Trinajstić information content (AvgIpc) is 4.37. The summed E-state index contributed by atoms with van der Waals surface area (Å²) in [6.45, 7) is 45.3. The van der Waals surface area contributed by atoms with Crippen molar-refractivity contribution < 1.29 is 0 Å². The Morgan fingerprint density at radius 2 is 0.768 bits per heavy atom. The van der Waals surface area contributed by atoms with Crippen molar-refractivity contribution in [1.29, 1.82) is 0 Å². The first-order chi connectivity index (χ1) is 38.8. The minimum absolute atomic E-state index is 0.637. The van der Waals surface area contributed by atoms with E-state index >= 15 is 0 Å². The summed E-state index contributed by atoms with van der Waals surface area (Å²) in [6, 6.07) is 0. The van der Waals surface area contributed by atoms with Crippen LogP contribution in [0.1, 0.15) is 414 Å². The van der Waals surface area contributed by atoms with Gasteiger partial charge in [0.15, 0.2) is 0 Å². The van der Waals surface area contributed by atoms with Gasteiger partial charge in [-0.15, -0.1) is 0 Å². The Kier molecular flexibility index (Phi) is 37.8. The van der Waals surface area contributed by atoms with Crippen molar-refractivity contribution in [1.82, 2.24) is 0 Å². The molecule has 0 radical (unpaired) electrons. The Morgan fingerprint density at radius 1 is 0.317 bits per heavy atom. The van der Waals surface area contributed by atoms with E-state index < -0.39 is 0 Å². The summed E-state index contributed by atoms with van der Waals surface area (Å²) in [7, 11) is 0. The highest BCUT2D eigenvalue weighted by Gasteiger charge is 2.46. The lowest BCUT2D eigenvalue weighted by Gasteiger charge is -2.36. The first-order valence-electron chi connectivity index (χ1n) is 38.8. The largest absolute Gasteiger partial charge is 0.0651 e. The maximum Gasteiger partial charge on any atom is -0.0297 e. The molecule has 0 aromatic carbocycles. The molecule has 0 nitrogen and oxygen atoms in total. The van der Waals surface area contributed by atoms with Crippen molar-refractivity contribution in [3.63, 3.8) is 0 Å². The van der Waals surface area contributed by atoms with Gasteiger partial charge < -0.3 is 0 Å². The molecule has 0 aliphatic heterocycles. The van der Waals surface area contributed by atoms with E-state index in [1.165, 1.54) is 257 Å². The van der Waals surface area contributed by atoms with Crippen LogP contribution in [0.5, 0.6) is 0 Å². The molecular weight excluding hydrogens is 985 g/mol. The number of hydrogen-bond donors (Lipinski definition) is 0. The topological polar surface area (TPSA) is 0 Å². The van der Waals surface area contributed by atoms with Crippen LogP contribution >= 0.6 is 0 Å². The van der Waals surface area contributed by atoms with Gasteiger partial charge in [0.1, 0.15) is 0 Å². The number of hydrogen-bond acceptors (Lipinski definition) is 0. The minimum Gasteiger partial charge on any atom is -0.0651 e. The average molecular weight is 1150 g/mol. The van der Waals surface area contributed by atoms with Gasteiger partial charge in [-0.25, -0.2) is 0 Å². The number of rotatable bonds is 3. The van der Waals surface area contributed by atoms with Gasteiger partial charge in [0.25, 0.3) is 0 Å². The van der Waals surface area contributed by atoms with Gasteiger partial charge >= 0.3 is 0 Å². The van der Waals surface area contributed by atoms with Gasteiger partial charge in [-0.05, 0) is 187 Å². The predicted octanol–water partition coefficient (Wildman–Crippen LogP) is 28.8. The van der Waals surface area contributed by atoms with Crippen LogP contribution in [0.2, 0.25) is 0 Å². The molecule has 82 heavy (non-hydrogen) atoms. The second kappa shape index (κ2) is 40.6. The Morgan fingerprint density at radius 3 is 1.04 bits per heavy atom. The lowest BCUT2D eigenvalue weighted by atomic mass is 9.70. The third kappa shape index (κ3) is 30.5. The Labute approximate surface area is 521 Å². The maximum absolute atomic E-state index is 2.48. The highest BCUT2D eigenvalue weighted by molar-refractivity contribution is 4.97. The standard InChI is InChI=1S/C9H16.3C9H18.C8H14.3C8H16.2C7H14/c1-7-5-8-3-4-9(7,2)6-8;1-8-4-6-9(2,3)7-5-8;1-8-6-4-5-7-9(8,2)3;1-7-5-4-6-8(2)9(7)3;1-6-4-7-2-3-8(6)5-7;1-7-5-3-4-6-8(7)2;1-3-8(2)6-4-5-7-8;1-2-8-6-4-3-5-7-8;1-7-5-3-2-4-6-7;1-2-7-5-3-4-6-7/h7-8H,3-6H2,1-2H3;2*8H,4-7H2,1-3H3;7-9H,4-6H2,1-3H3;6-8H,2-5H2,1H3;7-8H,3-6H2,1-2H3;3-7H2,1-2H3;8H,2-7H2,1H3;2*7H,2-6H2,1H3/t7-,8?,9?;;8-;;6-,7?,8?;7-,8?;;;;/m0.1.01..../s1. The van der Waals surface area contributed by atoms with Gasteiger partial charge in [0, 0.05) is 0 Å². The second-order valence-electron chi connectivity index (χ2n) is 35.1. The molecule has 4 bridgehead atoms. The molecule has 0 aromatic heterocycles. The molecule has 0 heteroatoms. The molecule has 7 unspecified atom stereocenters.